The topological polar surface area (TPSA) is 29.5 Å². The van der Waals surface area contributed by atoms with Crippen LogP contribution in [0.25, 0.3) is 0 Å². The molecule has 1 aromatic heterocycles. The summed E-state index contributed by atoms with van der Waals surface area (Å²) in [7, 11) is 0. The summed E-state index contributed by atoms with van der Waals surface area (Å²) in [5, 5.41) is 13.4. The van der Waals surface area contributed by atoms with Gasteiger partial charge in [-0.05, 0) is 49.5 Å². The van der Waals surface area contributed by atoms with Crippen molar-refractivity contribution in [2.75, 3.05) is 6.61 Å². The third-order valence-corrected chi connectivity index (χ3v) is 6.47. The second-order valence-electron chi connectivity index (χ2n) is 6.03. The Morgan fingerprint density at radius 1 is 1.47 bits per heavy atom. The van der Waals surface area contributed by atoms with Gasteiger partial charge in [0.05, 0.1) is 21.6 Å². The van der Waals surface area contributed by atoms with E-state index in [-0.39, 0.29) is 5.60 Å². The summed E-state index contributed by atoms with van der Waals surface area (Å²) in [5.41, 5.74) is 1.13. The molecule has 2 heterocycles. The lowest BCUT2D eigenvalue weighted by Crippen LogP contribution is -2.39. The Morgan fingerprint density at radius 2 is 2.21 bits per heavy atom. The lowest BCUT2D eigenvalue weighted by molar-refractivity contribution is -0.112. The Bertz CT molecular complexity index is 451. The molecule has 0 amide bonds. The first kappa shape index (κ1) is 13.9. The van der Waals surface area contributed by atoms with Crippen LogP contribution < -0.4 is 0 Å². The number of hydrogen-bond donors (Lipinski definition) is 1. The average molecular weight is 301 g/mol. The normalized spacial score (nSPS) is 27.8. The first-order valence-corrected chi connectivity index (χ1v) is 8.43. The van der Waals surface area contributed by atoms with Crippen molar-refractivity contribution in [2.45, 2.75) is 57.2 Å². The fourth-order valence-corrected chi connectivity index (χ4v) is 4.95. The van der Waals surface area contributed by atoms with Crippen molar-refractivity contribution in [1.29, 1.82) is 0 Å². The molecule has 1 aliphatic heterocycles. The Hall–Kier alpha value is -0.0900. The van der Waals surface area contributed by atoms with Crippen molar-refractivity contribution in [1.82, 2.24) is 0 Å². The van der Waals surface area contributed by atoms with E-state index in [0.717, 1.165) is 47.8 Å². The van der Waals surface area contributed by atoms with E-state index < -0.39 is 6.10 Å². The molecule has 106 valence electrons. The lowest BCUT2D eigenvalue weighted by atomic mass is 9.81. The molecule has 3 rings (SSSR count). The molecule has 1 N–H and O–H groups in total. The van der Waals surface area contributed by atoms with Crippen molar-refractivity contribution in [3.8, 4) is 0 Å². The molecular weight excluding hydrogens is 280 g/mol. The van der Waals surface area contributed by atoms with Crippen molar-refractivity contribution in [3.63, 3.8) is 0 Å². The van der Waals surface area contributed by atoms with E-state index in [2.05, 4.69) is 0 Å². The molecule has 2 aliphatic rings. The maximum Gasteiger partial charge on any atom is 0.0927 e. The highest BCUT2D eigenvalue weighted by Crippen LogP contribution is 2.47. The van der Waals surface area contributed by atoms with Crippen LogP contribution >= 0.6 is 22.9 Å². The fraction of sp³-hybridized carbons (Fsp3) is 0.733. The van der Waals surface area contributed by atoms with Gasteiger partial charge in [-0.1, -0.05) is 24.4 Å². The molecule has 1 aliphatic carbocycles. The van der Waals surface area contributed by atoms with Crippen LogP contribution in [0.4, 0.5) is 0 Å². The minimum atomic E-state index is -0.424. The molecule has 19 heavy (non-hydrogen) atoms. The molecule has 2 atom stereocenters. The number of aryl methyl sites for hydroxylation is 1. The summed E-state index contributed by atoms with van der Waals surface area (Å²) in [4.78, 5) is 0.944. The molecule has 4 heteroatoms. The van der Waals surface area contributed by atoms with E-state index in [4.69, 9.17) is 16.3 Å². The van der Waals surface area contributed by atoms with Gasteiger partial charge in [-0.25, -0.2) is 0 Å². The van der Waals surface area contributed by atoms with Gasteiger partial charge in [-0.3, -0.25) is 0 Å². The number of halogens is 1. The van der Waals surface area contributed by atoms with E-state index >= 15 is 0 Å². The SMILES string of the molecule is Cc1csc(C(O)C2CCOC3(CCCC3)C2)c1Cl. The molecule has 1 aromatic rings. The van der Waals surface area contributed by atoms with Crippen LogP contribution in [0, 0.1) is 12.8 Å². The summed E-state index contributed by atoms with van der Waals surface area (Å²) in [6.07, 6.45) is 6.36. The van der Waals surface area contributed by atoms with Gasteiger partial charge < -0.3 is 9.84 Å². The standard InChI is InChI=1S/C15H21ClO2S/c1-10-9-19-14(12(10)16)13(17)11-4-7-18-15(8-11)5-2-3-6-15/h9,11,13,17H,2-8H2,1H3. The molecule has 0 radical (unpaired) electrons. The van der Waals surface area contributed by atoms with Gasteiger partial charge in [0.1, 0.15) is 0 Å². The molecule has 2 unspecified atom stereocenters. The average Bonchev–Trinajstić information content (AvgIpc) is 2.98. The van der Waals surface area contributed by atoms with E-state index in [9.17, 15) is 5.11 Å². The van der Waals surface area contributed by atoms with Crippen molar-refractivity contribution >= 4 is 22.9 Å². The zero-order chi connectivity index (χ0) is 13.5. The Balaban J connectivity index is 1.76. The summed E-state index contributed by atoms with van der Waals surface area (Å²) < 4.78 is 6.04. The van der Waals surface area contributed by atoms with Crippen molar-refractivity contribution < 1.29 is 9.84 Å². The molecule has 1 spiro atoms. The second-order valence-corrected chi connectivity index (χ2v) is 7.32. The third-order valence-electron chi connectivity index (χ3n) is 4.69. The largest absolute Gasteiger partial charge is 0.387 e. The van der Waals surface area contributed by atoms with Crippen LogP contribution in [0.5, 0.6) is 0 Å². The molecule has 2 nitrogen and oxygen atoms in total. The Morgan fingerprint density at radius 3 is 2.84 bits per heavy atom. The maximum atomic E-state index is 10.7. The van der Waals surface area contributed by atoms with Gasteiger partial charge in [0.25, 0.3) is 0 Å². The van der Waals surface area contributed by atoms with Gasteiger partial charge in [0.15, 0.2) is 0 Å². The zero-order valence-corrected chi connectivity index (χ0v) is 12.9. The minimum Gasteiger partial charge on any atom is -0.387 e. The van der Waals surface area contributed by atoms with Gasteiger partial charge in [0.2, 0.25) is 0 Å². The van der Waals surface area contributed by atoms with Crippen molar-refractivity contribution in [2.24, 2.45) is 5.92 Å². The molecule has 1 saturated carbocycles. The molecule has 0 aromatic carbocycles. The van der Waals surface area contributed by atoms with Gasteiger partial charge >= 0.3 is 0 Å². The smallest absolute Gasteiger partial charge is 0.0927 e. The number of hydrogen-bond acceptors (Lipinski definition) is 3. The molecular formula is C15H21ClO2S. The molecule has 1 saturated heterocycles. The maximum absolute atomic E-state index is 10.7. The lowest BCUT2D eigenvalue weighted by Gasteiger charge is -2.40. The predicted octanol–water partition coefficient (Wildman–Crippen LogP) is 4.48. The van der Waals surface area contributed by atoms with Crippen molar-refractivity contribution in [3.05, 3.63) is 20.8 Å². The number of aliphatic hydroxyl groups is 1. The van der Waals surface area contributed by atoms with E-state index in [1.807, 2.05) is 12.3 Å². The summed E-state index contributed by atoms with van der Waals surface area (Å²) in [5.74, 6) is 0.294. The quantitative estimate of drug-likeness (QED) is 0.872. The van der Waals surface area contributed by atoms with Crippen LogP contribution in [0.3, 0.4) is 0 Å². The highest BCUT2D eigenvalue weighted by molar-refractivity contribution is 7.10. The third kappa shape index (κ3) is 2.58. The highest BCUT2D eigenvalue weighted by atomic mass is 35.5. The van der Waals surface area contributed by atoms with E-state index in [1.165, 1.54) is 12.8 Å². The van der Waals surface area contributed by atoms with Crippen LogP contribution in [0.2, 0.25) is 5.02 Å². The highest BCUT2D eigenvalue weighted by Gasteiger charge is 2.42. The first-order chi connectivity index (χ1) is 9.11. The number of thiophene rings is 1. The summed E-state index contributed by atoms with van der Waals surface area (Å²) >= 11 is 7.88. The molecule has 2 fully saturated rings. The van der Waals surface area contributed by atoms with Gasteiger partial charge in [0, 0.05) is 6.61 Å². The second kappa shape index (κ2) is 5.36. The number of rotatable bonds is 2. The Labute approximate surface area is 123 Å². The van der Waals surface area contributed by atoms with E-state index in [1.54, 1.807) is 11.3 Å². The number of ether oxygens (including phenoxy) is 1. The van der Waals surface area contributed by atoms with E-state index in [0.29, 0.717) is 5.92 Å². The summed E-state index contributed by atoms with van der Waals surface area (Å²) in [6, 6.07) is 0. The van der Waals surface area contributed by atoms with Gasteiger partial charge in [-0.2, -0.15) is 0 Å². The zero-order valence-electron chi connectivity index (χ0n) is 11.3. The van der Waals surface area contributed by atoms with Crippen LogP contribution in [-0.2, 0) is 4.74 Å². The van der Waals surface area contributed by atoms with Crippen LogP contribution in [0.1, 0.15) is 55.1 Å². The Kier molecular flexibility index (Phi) is 3.91. The molecule has 0 bridgehead atoms. The summed E-state index contributed by atoms with van der Waals surface area (Å²) in [6.45, 7) is 2.78. The van der Waals surface area contributed by atoms with Gasteiger partial charge in [-0.15, -0.1) is 11.3 Å². The fourth-order valence-electron chi connectivity index (χ4n) is 3.57. The predicted molar refractivity (Wildman–Crippen MR) is 78.9 cm³/mol. The minimum absolute atomic E-state index is 0.0582. The van der Waals surface area contributed by atoms with Crippen LogP contribution in [-0.4, -0.2) is 17.3 Å². The first-order valence-electron chi connectivity index (χ1n) is 7.17. The number of aliphatic hydroxyl groups excluding tert-OH is 1. The monoisotopic (exact) mass is 300 g/mol. The van der Waals surface area contributed by atoms with Crippen LogP contribution in [0.15, 0.2) is 5.38 Å².